The smallest absolute Gasteiger partial charge is 0.321 e. The fourth-order valence-corrected chi connectivity index (χ4v) is 4.18. The van der Waals surface area contributed by atoms with Crippen molar-refractivity contribution >= 4 is 23.8 Å². The lowest BCUT2D eigenvalue weighted by Gasteiger charge is -2.35. The van der Waals surface area contributed by atoms with Gasteiger partial charge in [0, 0.05) is 37.9 Å². The molecule has 0 aromatic carbocycles. The van der Waals surface area contributed by atoms with Gasteiger partial charge in [-0.15, -0.1) is 0 Å². The van der Waals surface area contributed by atoms with Gasteiger partial charge in [0.05, 0.1) is 0 Å². The van der Waals surface area contributed by atoms with E-state index in [0.29, 0.717) is 38.0 Å². The molecule has 2 fully saturated rings. The molecule has 152 valence electrons. The van der Waals surface area contributed by atoms with E-state index in [1.807, 2.05) is 0 Å². The Bertz CT molecular complexity index is 572. The number of carbonyl (C=O) groups is 4. The minimum atomic E-state index is -0.478. The lowest BCUT2D eigenvalue weighted by molar-refractivity contribution is -0.129. The Morgan fingerprint density at radius 1 is 0.815 bits per heavy atom. The quantitative estimate of drug-likeness (QED) is 0.583. The molecule has 2 saturated carbocycles. The first kappa shape index (κ1) is 21.2. The molecule has 0 aromatic heterocycles. The zero-order valence-corrected chi connectivity index (χ0v) is 16.5. The van der Waals surface area contributed by atoms with Crippen molar-refractivity contribution in [2.75, 3.05) is 7.05 Å². The summed E-state index contributed by atoms with van der Waals surface area (Å²) in [4.78, 5) is 47.5. The number of amides is 5. The van der Waals surface area contributed by atoms with Crippen LogP contribution >= 0.6 is 0 Å². The predicted molar refractivity (Wildman–Crippen MR) is 101 cm³/mol. The Hall–Kier alpha value is -2.12. The standard InChI is InChI=1S/C19H32N4O4/c1-11-4-9-15(21-12(2)24)10-16(11)22-19(27)23-18(26)14-7-5-13(6-8-14)17(25)20-3/h11,13-16H,4-10H2,1-3H3,(H,20,25)(H,21,24)(H2,22,23,26,27). The highest BCUT2D eigenvalue weighted by molar-refractivity contribution is 5.95. The minimum Gasteiger partial charge on any atom is -0.359 e. The van der Waals surface area contributed by atoms with Gasteiger partial charge >= 0.3 is 6.03 Å². The van der Waals surface area contributed by atoms with E-state index in [9.17, 15) is 19.2 Å². The second kappa shape index (κ2) is 9.71. The summed E-state index contributed by atoms with van der Waals surface area (Å²) in [5, 5.41) is 10.9. The minimum absolute atomic E-state index is 0.0200. The zero-order valence-electron chi connectivity index (χ0n) is 16.5. The van der Waals surface area contributed by atoms with Crippen LogP contribution in [-0.4, -0.2) is 42.9 Å². The van der Waals surface area contributed by atoms with Gasteiger partial charge in [-0.05, 0) is 50.9 Å². The fourth-order valence-electron chi connectivity index (χ4n) is 4.18. The number of carbonyl (C=O) groups excluding carboxylic acids is 4. The van der Waals surface area contributed by atoms with E-state index in [-0.39, 0.29) is 41.6 Å². The van der Waals surface area contributed by atoms with Gasteiger partial charge in [-0.1, -0.05) is 6.92 Å². The molecule has 0 aliphatic heterocycles. The van der Waals surface area contributed by atoms with Gasteiger partial charge in [0.25, 0.3) is 0 Å². The Labute approximate surface area is 160 Å². The Balaban J connectivity index is 1.78. The monoisotopic (exact) mass is 380 g/mol. The second-order valence-corrected chi connectivity index (χ2v) is 7.92. The van der Waals surface area contributed by atoms with E-state index >= 15 is 0 Å². The molecule has 8 heteroatoms. The van der Waals surface area contributed by atoms with Crippen molar-refractivity contribution in [2.45, 2.75) is 70.9 Å². The number of hydrogen-bond acceptors (Lipinski definition) is 4. The molecule has 2 rings (SSSR count). The molecule has 5 amide bonds. The Morgan fingerprint density at radius 3 is 1.96 bits per heavy atom. The summed E-state index contributed by atoms with van der Waals surface area (Å²) < 4.78 is 0. The van der Waals surface area contributed by atoms with Gasteiger partial charge in [0.15, 0.2) is 0 Å². The molecule has 0 heterocycles. The molecule has 0 aromatic rings. The zero-order chi connectivity index (χ0) is 20.0. The highest BCUT2D eigenvalue weighted by Gasteiger charge is 2.32. The third kappa shape index (κ3) is 6.22. The lowest BCUT2D eigenvalue weighted by Crippen LogP contribution is -2.53. The van der Waals surface area contributed by atoms with Crippen LogP contribution in [0.2, 0.25) is 0 Å². The van der Waals surface area contributed by atoms with Crippen molar-refractivity contribution in [1.82, 2.24) is 21.3 Å². The maximum atomic E-state index is 12.4. The van der Waals surface area contributed by atoms with Crippen LogP contribution in [0.4, 0.5) is 4.79 Å². The van der Waals surface area contributed by atoms with Crippen LogP contribution in [0.15, 0.2) is 0 Å². The van der Waals surface area contributed by atoms with Crippen LogP contribution in [-0.2, 0) is 14.4 Å². The van der Waals surface area contributed by atoms with E-state index in [2.05, 4.69) is 28.2 Å². The van der Waals surface area contributed by atoms with E-state index in [0.717, 1.165) is 12.8 Å². The largest absolute Gasteiger partial charge is 0.359 e. The normalized spacial score (nSPS) is 30.7. The van der Waals surface area contributed by atoms with E-state index < -0.39 is 6.03 Å². The third-order valence-electron chi connectivity index (χ3n) is 5.87. The Morgan fingerprint density at radius 2 is 1.41 bits per heavy atom. The van der Waals surface area contributed by atoms with Gasteiger partial charge < -0.3 is 16.0 Å². The van der Waals surface area contributed by atoms with Crippen LogP contribution in [0.25, 0.3) is 0 Å². The summed E-state index contributed by atoms with van der Waals surface area (Å²) in [6, 6.07) is -0.499. The van der Waals surface area contributed by atoms with Crippen molar-refractivity contribution < 1.29 is 19.2 Å². The summed E-state index contributed by atoms with van der Waals surface area (Å²) in [6.07, 6.45) is 5.03. The SMILES string of the molecule is CNC(=O)C1CCC(C(=O)NC(=O)NC2CC(NC(C)=O)CCC2C)CC1. The predicted octanol–water partition coefficient (Wildman–Crippen LogP) is 1.06. The first-order valence-electron chi connectivity index (χ1n) is 9.90. The first-order chi connectivity index (χ1) is 12.8. The van der Waals surface area contributed by atoms with E-state index in [4.69, 9.17) is 0 Å². The van der Waals surface area contributed by atoms with Crippen molar-refractivity contribution in [2.24, 2.45) is 17.8 Å². The van der Waals surface area contributed by atoms with Crippen molar-refractivity contribution in [3.8, 4) is 0 Å². The first-order valence-corrected chi connectivity index (χ1v) is 9.90. The summed E-state index contributed by atoms with van der Waals surface area (Å²) in [5.41, 5.74) is 0. The molecular weight excluding hydrogens is 348 g/mol. The van der Waals surface area contributed by atoms with Crippen molar-refractivity contribution in [1.29, 1.82) is 0 Å². The molecule has 27 heavy (non-hydrogen) atoms. The average Bonchev–Trinajstić information content (AvgIpc) is 2.63. The number of rotatable bonds is 4. The molecule has 0 bridgehead atoms. The molecule has 3 atom stereocenters. The molecule has 2 aliphatic rings. The van der Waals surface area contributed by atoms with Gasteiger partial charge in [0.2, 0.25) is 17.7 Å². The van der Waals surface area contributed by atoms with Crippen molar-refractivity contribution in [3.05, 3.63) is 0 Å². The number of urea groups is 1. The van der Waals surface area contributed by atoms with Gasteiger partial charge in [-0.2, -0.15) is 0 Å². The molecule has 3 unspecified atom stereocenters. The van der Waals surface area contributed by atoms with E-state index in [1.165, 1.54) is 6.92 Å². The summed E-state index contributed by atoms with van der Waals surface area (Å²) >= 11 is 0. The van der Waals surface area contributed by atoms with Gasteiger partial charge in [-0.25, -0.2) is 4.79 Å². The summed E-state index contributed by atoms with van der Waals surface area (Å²) in [5.74, 6) is -0.301. The topological polar surface area (TPSA) is 116 Å². The maximum absolute atomic E-state index is 12.4. The van der Waals surface area contributed by atoms with Crippen LogP contribution in [0, 0.1) is 17.8 Å². The molecule has 4 N–H and O–H groups in total. The third-order valence-corrected chi connectivity index (χ3v) is 5.87. The second-order valence-electron chi connectivity index (χ2n) is 7.92. The average molecular weight is 380 g/mol. The number of imide groups is 1. The molecule has 0 radical (unpaired) electrons. The molecular formula is C19H32N4O4. The number of hydrogen-bond donors (Lipinski definition) is 4. The molecule has 0 spiro atoms. The Kier molecular flexibility index (Phi) is 7.62. The van der Waals surface area contributed by atoms with Crippen LogP contribution < -0.4 is 21.3 Å². The molecule has 0 saturated heterocycles. The van der Waals surface area contributed by atoms with Gasteiger partial charge in [0.1, 0.15) is 0 Å². The lowest BCUT2D eigenvalue weighted by atomic mass is 9.81. The fraction of sp³-hybridized carbons (Fsp3) is 0.789. The van der Waals surface area contributed by atoms with Gasteiger partial charge in [-0.3, -0.25) is 19.7 Å². The van der Waals surface area contributed by atoms with Crippen LogP contribution in [0.3, 0.4) is 0 Å². The highest BCUT2D eigenvalue weighted by atomic mass is 16.2. The summed E-state index contributed by atoms with van der Waals surface area (Å²) in [7, 11) is 1.62. The van der Waals surface area contributed by atoms with Crippen LogP contribution in [0.1, 0.15) is 58.8 Å². The summed E-state index contributed by atoms with van der Waals surface area (Å²) in [6.45, 7) is 3.56. The highest BCUT2D eigenvalue weighted by Crippen LogP contribution is 2.29. The van der Waals surface area contributed by atoms with Crippen LogP contribution in [0.5, 0.6) is 0 Å². The van der Waals surface area contributed by atoms with Crippen molar-refractivity contribution in [3.63, 3.8) is 0 Å². The number of nitrogens with one attached hydrogen (secondary N) is 4. The molecule has 8 nitrogen and oxygen atoms in total. The molecule has 2 aliphatic carbocycles. The maximum Gasteiger partial charge on any atom is 0.321 e. The van der Waals surface area contributed by atoms with E-state index in [1.54, 1.807) is 7.05 Å².